The van der Waals surface area contributed by atoms with Crippen molar-refractivity contribution in [2.45, 2.75) is 76.0 Å². The summed E-state index contributed by atoms with van der Waals surface area (Å²) >= 11 is 0. The van der Waals surface area contributed by atoms with Crippen LogP contribution in [0.25, 0.3) is 0 Å². The number of nitrogens with zero attached hydrogens (tertiary/aromatic N) is 2. The number of aromatic nitrogens is 1. The van der Waals surface area contributed by atoms with Gasteiger partial charge in [0.1, 0.15) is 59.0 Å². The third kappa shape index (κ3) is 10.1. The molecule has 1 aromatic heterocycles. The van der Waals surface area contributed by atoms with E-state index < -0.39 is 51.0 Å². The van der Waals surface area contributed by atoms with Crippen LogP contribution in [0.2, 0.25) is 0 Å². The highest BCUT2D eigenvalue weighted by molar-refractivity contribution is 8.29. The molecule has 3 atom stereocenters. The maximum absolute atomic E-state index is 13.9. The molecular formula is C31H46F2N4O5S2. The van der Waals surface area contributed by atoms with Crippen LogP contribution < -0.4 is 19.7 Å². The third-order valence-electron chi connectivity index (χ3n) is 7.54. The van der Waals surface area contributed by atoms with Crippen LogP contribution in [0.4, 0.5) is 20.4 Å². The third-order valence-corrected chi connectivity index (χ3v) is 12.7. The van der Waals surface area contributed by atoms with Crippen molar-refractivity contribution < 1.29 is 31.5 Å². The molecule has 44 heavy (non-hydrogen) atoms. The summed E-state index contributed by atoms with van der Waals surface area (Å²) in [6.45, 7) is 10.2. The highest BCUT2D eigenvalue weighted by Crippen LogP contribution is 2.55. The Balaban J connectivity index is 1.96. The van der Waals surface area contributed by atoms with E-state index in [9.17, 15) is 22.6 Å². The number of aldehydes is 1. The van der Waals surface area contributed by atoms with Gasteiger partial charge in [0.05, 0.1) is 6.04 Å². The number of hydrogen-bond acceptors (Lipinski definition) is 7. The molecule has 0 spiro atoms. The van der Waals surface area contributed by atoms with Gasteiger partial charge in [-0.25, -0.2) is 18.0 Å². The van der Waals surface area contributed by atoms with E-state index in [1.54, 1.807) is 19.2 Å². The molecule has 9 nitrogen and oxygen atoms in total. The van der Waals surface area contributed by atoms with Crippen LogP contribution >= 0.6 is 10.3 Å². The molecule has 246 valence electrons. The van der Waals surface area contributed by atoms with Gasteiger partial charge in [0.2, 0.25) is 0 Å². The first-order valence-corrected chi connectivity index (χ1v) is 18.2. The van der Waals surface area contributed by atoms with Crippen LogP contribution in [-0.2, 0) is 20.0 Å². The second kappa shape index (κ2) is 15.0. The van der Waals surface area contributed by atoms with Gasteiger partial charge in [0, 0.05) is 53.8 Å². The maximum Gasteiger partial charge on any atom is 0.251 e. The molecule has 0 aliphatic heterocycles. The summed E-state index contributed by atoms with van der Waals surface area (Å²) in [5.41, 5.74) is 0.245. The molecule has 1 aromatic carbocycles. The Bertz CT molecular complexity index is 1310. The summed E-state index contributed by atoms with van der Waals surface area (Å²) in [5.74, 6) is -0.821. The van der Waals surface area contributed by atoms with Crippen molar-refractivity contribution in [2.75, 3.05) is 42.3 Å². The summed E-state index contributed by atoms with van der Waals surface area (Å²) in [4.78, 5) is 30.3. The monoisotopic (exact) mass is 656 g/mol. The van der Waals surface area contributed by atoms with Crippen molar-refractivity contribution >= 4 is 45.1 Å². The zero-order valence-corrected chi connectivity index (χ0v) is 28.5. The average Bonchev–Trinajstić information content (AvgIpc) is 3.76. The summed E-state index contributed by atoms with van der Waals surface area (Å²) < 4.78 is 54.2. The first kappa shape index (κ1) is 35.7. The number of halogens is 2. The van der Waals surface area contributed by atoms with Gasteiger partial charge in [-0.1, -0.05) is 20.8 Å². The highest BCUT2D eigenvalue weighted by atomic mass is 32.3. The van der Waals surface area contributed by atoms with Crippen molar-refractivity contribution in [1.82, 2.24) is 10.3 Å². The SMILES string of the molecule is CC(C)S(=O)N(C)c1cc(C(=O)N[C@@H](COc2cc(F)cc(F)c2)C(CC=O)OS(C)(C)C(C)(C)C)cc(NCC2CC2)n1. The molecule has 1 saturated carbocycles. The molecule has 1 heterocycles. The summed E-state index contributed by atoms with van der Waals surface area (Å²) in [6, 6.07) is 5.11. The lowest BCUT2D eigenvalue weighted by molar-refractivity contribution is -0.109. The minimum Gasteiger partial charge on any atom is -0.491 e. The molecule has 0 radical (unpaired) electrons. The lowest BCUT2D eigenvalue weighted by Crippen LogP contribution is -2.49. The molecule has 1 aliphatic rings. The Kier molecular flexibility index (Phi) is 12.2. The second-order valence-electron chi connectivity index (χ2n) is 12.6. The van der Waals surface area contributed by atoms with Gasteiger partial charge in [-0.3, -0.25) is 9.10 Å². The number of amides is 1. The molecular weight excluding hydrogens is 610 g/mol. The van der Waals surface area contributed by atoms with Gasteiger partial charge >= 0.3 is 0 Å². The summed E-state index contributed by atoms with van der Waals surface area (Å²) in [7, 11) is -1.49. The number of carbonyl (C=O) groups is 2. The van der Waals surface area contributed by atoms with Gasteiger partial charge in [-0.2, -0.15) is 0 Å². The molecule has 2 aromatic rings. The highest BCUT2D eigenvalue weighted by Gasteiger charge is 2.36. The van der Waals surface area contributed by atoms with Crippen molar-refractivity contribution in [3.05, 3.63) is 47.5 Å². The van der Waals surface area contributed by atoms with E-state index >= 15 is 0 Å². The smallest absolute Gasteiger partial charge is 0.251 e. The Morgan fingerprint density at radius 1 is 1.16 bits per heavy atom. The van der Waals surface area contributed by atoms with Crippen molar-refractivity contribution in [3.63, 3.8) is 0 Å². The number of hydrogen-bond donors (Lipinski definition) is 2. The van der Waals surface area contributed by atoms with Crippen LogP contribution in [0.3, 0.4) is 0 Å². The predicted molar refractivity (Wildman–Crippen MR) is 175 cm³/mol. The zero-order chi connectivity index (χ0) is 32.8. The Hall–Kier alpha value is -2.77. The first-order valence-electron chi connectivity index (χ1n) is 14.7. The molecule has 2 unspecified atom stereocenters. The molecule has 1 aliphatic carbocycles. The topological polar surface area (TPSA) is 110 Å². The second-order valence-corrected chi connectivity index (χ2v) is 18.6. The van der Waals surface area contributed by atoms with E-state index in [-0.39, 0.29) is 34.3 Å². The quantitative estimate of drug-likeness (QED) is 0.226. The molecule has 0 saturated heterocycles. The largest absolute Gasteiger partial charge is 0.491 e. The van der Waals surface area contributed by atoms with E-state index in [0.717, 1.165) is 31.0 Å². The Morgan fingerprint density at radius 2 is 1.80 bits per heavy atom. The number of pyridine rings is 1. The van der Waals surface area contributed by atoms with Crippen molar-refractivity contribution in [3.8, 4) is 5.75 Å². The average molecular weight is 657 g/mol. The molecule has 13 heteroatoms. The first-order chi connectivity index (χ1) is 20.5. The minimum absolute atomic E-state index is 0.0514. The fourth-order valence-corrected chi connectivity index (χ4v) is 6.02. The van der Waals surface area contributed by atoms with Crippen LogP contribution in [-0.4, -0.2) is 76.2 Å². The van der Waals surface area contributed by atoms with Crippen LogP contribution in [0.15, 0.2) is 30.3 Å². The summed E-state index contributed by atoms with van der Waals surface area (Å²) in [5, 5.41) is 6.05. The molecule has 1 fully saturated rings. The van der Waals surface area contributed by atoms with E-state index in [2.05, 4.69) is 15.6 Å². The Morgan fingerprint density at radius 3 is 2.34 bits per heavy atom. The lowest BCUT2D eigenvalue weighted by atomic mass is 10.1. The van der Waals surface area contributed by atoms with Gasteiger partial charge in [-0.05, 0) is 57.3 Å². The number of anilines is 2. The van der Waals surface area contributed by atoms with E-state index in [0.29, 0.717) is 30.4 Å². The molecule has 1 amide bonds. The maximum atomic E-state index is 13.9. The van der Waals surface area contributed by atoms with Crippen molar-refractivity contribution in [2.24, 2.45) is 5.92 Å². The number of carbonyl (C=O) groups excluding carboxylic acids is 2. The van der Waals surface area contributed by atoms with Gasteiger partial charge < -0.3 is 24.3 Å². The van der Waals surface area contributed by atoms with Crippen LogP contribution in [0.5, 0.6) is 5.75 Å². The fraction of sp³-hybridized carbons (Fsp3) is 0.581. The number of benzene rings is 1. The predicted octanol–water partition coefficient (Wildman–Crippen LogP) is 5.62. The molecule has 0 bridgehead atoms. The Labute approximate surface area is 264 Å². The van der Waals surface area contributed by atoms with E-state index in [1.807, 2.05) is 47.1 Å². The van der Waals surface area contributed by atoms with Gasteiger partial charge in [0.25, 0.3) is 5.91 Å². The summed E-state index contributed by atoms with van der Waals surface area (Å²) in [6.07, 6.45) is 6.06. The molecule has 2 N–H and O–H groups in total. The molecule has 3 rings (SSSR count). The normalized spacial score (nSPS) is 16.2. The van der Waals surface area contributed by atoms with E-state index in [4.69, 9.17) is 8.92 Å². The lowest BCUT2D eigenvalue weighted by Gasteiger charge is -2.47. The van der Waals surface area contributed by atoms with Crippen molar-refractivity contribution in [1.29, 1.82) is 0 Å². The van der Waals surface area contributed by atoms with E-state index in [1.165, 1.54) is 4.31 Å². The zero-order valence-electron chi connectivity index (χ0n) is 26.8. The number of nitrogens with one attached hydrogen (secondary N) is 2. The fourth-order valence-electron chi connectivity index (χ4n) is 3.99. The standard InChI is InChI=1S/C31H46F2N4O5S2/c1-20(2)43(40)37(6)29-14-22(13-28(36-29)34-18-21-9-10-21)30(39)35-26(19-41-25-16-23(32)15-24(33)17-25)27(11-12-38)42-44(7,8)31(3,4)5/h12-17,20-21,26-27H,9-11,18-19H2,1-8H3,(H,34,36)(H,35,39)/t26-,27?,43?/m0/s1. The van der Waals surface area contributed by atoms with Crippen LogP contribution in [0.1, 0.15) is 64.2 Å². The number of rotatable bonds is 16. The van der Waals surface area contributed by atoms with Gasteiger partial charge in [-0.15, -0.1) is 10.3 Å². The van der Waals surface area contributed by atoms with Gasteiger partial charge in [0.15, 0.2) is 0 Å². The number of ether oxygens (including phenoxy) is 1. The van der Waals surface area contributed by atoms with Crippen LogP contribution in [0, 0.1) is 17.6 Å². The minimum atomic E-state index is -1.76.